The molecule has 1 rings (SSSR count). The van der Waals surface area contributed by atoms with Gasteiger partial charge in [0.15, 0.2) is 5.96 Å². The second kappa shape index (κ2) is 13.8. The van der Waals surface area contributed by atoms with Gasteiger partial charge in [-0.2, -0.15) is 0 Å². The number of hydrogen-bond acceptors (Lipinski definition) is 3. The summed E-state index contributed by atoms with van der Waals surface area (Å²) in [4.78, 5) is 6.42. The molecule has 138 valence electrons. The van der Waals surface area contributed by atoms with Crippen LogP contribution in [0.5, 0.6) is 0 Å². The average molecular weight is 336 g/mol. The molecule has 0 unspecified atom stereocenters. The Balaban J connectivity index is 0.00000118. The fraction of sp³-hybridized carbons (Fsp3) is 0.632. The van der Waals surface area contributed by atoms with Crippen molar-refractivity contribution in [2.75, 3.05) is 26.2 Å². The number of aryl methyl sites for hydroxylation is 1. The lowest BCUT2D eigenvalue weighted by Crippen LogP contribution is -2.28. The van der Waals surface area contributed by atoms with Crippen molar-refractivity contribution in [1.29, 1.82) is 0 Å². The van der Waals surface area contributed by atoms with E-state index in [1.807, 2.05) is 0 Å². The van der Waals surface area contributed by atoms with Crippen LogP contribution < -0.4 is 17.2 Å². The highest BCUT2D eigenvalue weighted by Gasteiger charge is 2.05. The summed E-state index contributed by atoms with van der Waals surface area (Å²) in [5.41, 5.74) is 18.9. The number of aliphatic imine (C=N–C) groups is 1. The predicted octanol–water partition coefficient (Wildman–Crippen LogP) is 2.47. The molecule has 0 amide bonds. The van der Waals surface area contributed by atoms with E-state index in [-0.39, 0.29) is 5.96 Å². The van der Waals surface area contributed by atoms with E-state index in [1.54, 1.807) is 0 Å². The molecule has 0 saturated carbocycles. The number of nitrogens with zero attached hydrogens (tertiary/aromatic N) is 2. The second-order valence-corrected chi connectivity index (χ2v) is 6.80. The van der Waals surface area contributed by atoms with Gasteiger partial charge in [-0.1, -0.05) is 50.6 Å². The lowest BCUT2D eigenvalue weighted by atomic mass is 10.1. The molecule has 0 aromatic heterocycles. The molecule has 6 N–H and O–H groups in total. The SMILES string of the molecule is CC(C)C.Cc1ccc(CN(CCCN)CCCN=C(N)N)cc1. The highest BCUT2D eigenvalue weighted by Crippen LogP contribution is 2.08. The maximum Gasteiger partial charge on any atom is 0.185 e. The van der Waals surface area contributed by atoms with Crippen LogP contribution in [-0.2, 0) is 6.54 Å². The maximum atomic E-state index is 5.60. The summed E-state index contributed by atoms with van der Waals surface area (Å²) in [6.45, 7) is 12.9. The third-order valence-corrected chi connectivity index (χ3v) is 3.13. The standard InChI is InChI=1S/C15H27N5.C4H10/c1-13-4-6-14(7-5-13)12-20(10-2-8-16)11-3-9-19-15(17)18;1-4(2)3/h4-7H,2-3,8-12,16H2,1H3,(H4,17,18,19);4H,1-3H3. The molecule has 0 bridgehead atoms. The van der Waals surface area contributed by atoms with Gasteiger partial charge in [-0.15, -0.1) is 0 Å². The third-order valence-electron chi connectivity index (χ3n) is 3.13. The van der Waals surface area contributed by atoms with Crippen molar-refractivity contribution in [2.45, 2.75) is 47.1 Å². The van der Waals surface area contributed by atoms with Crippen molar-refractivity contribution in [2.24, 2.45) is 28.1 Å². The number of benzene rings is 1. The number of guanidine groups is 1. The van der Waals surface area contributed by atoms with Gasteiger partial charge < -0.3 is 17.2 Å². The molecule has 5 nitrogen and oxygen atoms in total. The van der Waals surface area contributed by atoms with Crippen LogP contribution >= 0.6 is 0 Å². The van der Waals surface area contributed by atoms with E-state index in [2.05, 4.69) is 61.9 Å². The van der Waals surface area contributed by atoms with E-state index in [4.69, 9.17) is 17.2 Å². The molecule has 0 heterocycles. The first-order chi connectivity index (χ1) is 11.3. The average Bonchev–Trinajstić information content (AvgIpc) is 2.50. The Labute approximate surface area is 148 Å². The highest BCUT2D eigenvalue weighted by molar-refractivity contribution is 5.75. The van der Waals surface area contributed by atoms with Gasteiger partial charge in [0, 0.05) is 19.6 Å². The summed E-state index contributed by atoms with van der Waals surface area (Å²) in [7, 11) is 0. The van der Waals surface area contributed by atoms with E-state index in [0.29, 0.717) is 6.54 Å². The largest absolute Gasteiger partial charge is 0.370 e. The number of hydrogen-bond donors (Lipinski definition) is 3. The van der Waals surface area contributed by atoms with Crippen molar-refractivity contribution in [3.05, 3.63) is 35.4 Å². The summed E-state index contributed by atoms with van der Waals surface area (Å²) in [6, 6.07) is 8.66. The van der Waals surface area contributed by atoms with Crippen LogP contribution in [0.2, 0.25) is 0 Å². The molecule has 24 heavy (non-hydrogen) atoms. The van der Waals surface area contributed by atoms with Gasteiger partial charge in [0.25, 0.3) is 0 Å². The van der Waals surface area contributed by atoms with Crippen LogP contribution in [0, 0.1) is 12.8 Å². The molecule has 0 aliphatic carbocycles. The zero-order chi connectivity index (χ0) is 18.4. The molecule has 1 aromatic carbocycles. The molecule has 5 heteroatoms. The summed E-state index contributed by atoms with van der Waals surface area (Å²) in [5, 5.41) is 0. The first-order valence-corrected chi connectivity index (χ1v) is 8.88. The van der Waals surface area contributed by atoms with Crippen LogP contribution in [0.3, 0.4) is 0 Å². The van der Waals surface area contributed by atoms with E-state index >= 15 is 0 Å². The first-order valence-electron chi connectivity index (χ1n) is 8.88. The second-order valence-electron chi connectivity index (χ2n) is 6.80. The third kappa shape index (κ3) is 14.0. The molecule has 0 aliphatic heterocycles. The van der Waals surface area contributed by atoms with Crippen LogP contribution in [0.4, 0.5) is 0 Å². The monoisotopic (exact) mass is 335 g/mol. The summed E-state index contributed by atoms with van der Waals surface area (Å²) >= 11 is 0. The van der Waals surface area contributed by atoms with Crippen LogP contribution in [0.15, 0.2) is 29.3 Å². The lowest BCUT2D eigenvalue weighted by Gasteiger charge is -2.22. The van der Waals surface area contributed by atoms with E-state index in [1.165, 1.54) is 11.1 Å². The van der Waals surface area contributed by atoms with Gasteiger partial charge in [0.2, 0.25) is 0 Å². The molecule has 0 atom stereocenters. The van der Waals surface area contributed by atoms with Gasteiger partial charge in [-0.25, -0.2) is 0 Å². The smallest absolute Gasteiger partial charge is 0.185 e. The fourth-order valence-corrected chi connectivity index (χ4v) is 2.04. The van der Waals surface area contributed by atoms with Gasteiger partial charge in [0.1, 0.15) is 0 Å². The summed E-state index contributed by atoms with van der Waals surface area (Å²) in [6.07, 6.45) is 1.96. The Morgan fingerprint density at radius 2 is 1.58 bits per heavy atom. The molecule has 0 aliphatic rings. The van der Waals surface area contributed by atoms with Crippen LogP contribution in [0.1, 0.15) is 44.7 Å². The minimum Gasteiger partial charge on any atom is -0.370 e. The zero-order valence-electron chi connectivity index (χ0n) is 16.0. The molecular weight excluding hydrogens is 298 g/mol. The van der Waals surface area contributed by atoms with Gasteiger partial charge in [-0.3, -0.25) is 9.89 Å². The molecule has 0 saturated heterocycles. The minimum atomic E-state index is 0.164. The van der Waals surface area contributed by atoms with Crippen molar-refractivity contribution in [1.82, 2.24) is 4.90 Å². The Bertz CT molecular complexity index is 433. The van der Waals surface area contributed by atoms with E-state index < -0.39 is 0 Å². The first kappa shape index (κ1) is 22.4. The van der Waals surface area contributed by atoms with Gasteiger partial charge in [0.05, 0.1) is 0 Å². The van der Waals surface area contributed by atoms with Gasteiger partial charge >= 0.3 is 0 Å². The Hall–Kier alpha value is -1.59. The maximum absolute atomic E-state index is 5.60. The van der Waals surface area contributed by atoms with E-state index in [0.717, 1.165) is 44.9 Å². The lowest BCUT2D eigenvalue weighted by molar-refractivity contribution is 0.262. The van der Waals surface area contributed by atoms with Crippen LogP contribution in [0.25, 0.3) is 0 Å². The fourth-order valence-electron chi connectivity index (χ4n) is 2.04. The van der Waals surface area contributed by atoms with E-state index in [9.17, 15) is 0 Å². The normalized spacial score (nSPS) is 10.5. The topological polar surface area (TPSA) is 93.7 Å². The van der Waals surface area contributed by atoms with Crippen molar-refractivity contribution < 1.29 is 0 Å². The summed E-state index contributed by atoms with van der Waals surface area (Å²) < 4.78 is 0. The molecular formula is C19H37N5. The Kier molecular flexibility index (Phi) is 12.9. The number of rotatable bonds is 9. The Morgan fingerprint density at radius 1 is 1.04 bits per heavy atom. The highest BCUT2D eigenvalue weighted by atomic mass is 15.1. The van der Waals surface area contributed by atoms with Crippen molar-refractivity contribution in [3.63, 3.8) is 0 Å². The molecule has 0 fully saturated rings. The molecule has 0 spiro atoms. The molecule has 0 radical (unpaired) electrons. The predicted molar refractivity (Wildman–Crippen MR) is 106 cm³/mol. The number of nitrogens with two attached hydrogens (primary N) is 3. The van der Waals surface area contributed by atoms with Crippen molar-refractivity contribution in [3.8, 4) is 0 Å². The van der Waals surface area contributed by atoms with Crippen LogP contribution in [-0.4, -0.2) is 37.0 Å². The summed E-state index contributed by atoms with van der Waals surface area (Å²) in [5.74, 6) is 0.997. The zero-order valence-corrected chi connectivity index (χ0v) is 16.0. The minimum absolute atomic E-state index is 0.164. The van der Waals surface area contributed by atoms with Gasteiger partial charge in [-0.05, 0) is 44.3 Å². The molecule has 1 aromatic rings. The van der Waals surface area contributed by atoms with Crippen molar-refractivity contribution >= 4 is 5.96 Å². The quantitative estimate of drug-likeness (QED) is 0.367. The Morgan fingerprint density at radius 3 is 2.08 bits per heavy atom.